The number of benzene rings is 2. The van der Waals surface area contributed by atoms with Crippen LogP contribution in [0.25, 0.3) is 21.8 Å². The summed E-state index contributed by atoms with van der Waals surface area (Å²) < 4.78 is 13.4. The number of hydrogen-bond acceptors (Lipinski definition) is 2. The third-order valence-corrected chi connectivity index (χ3v) is 3.83. The number of nitrogens with zero attached hydrogens (tertiary/aromatic N) is 1. The molecule has 1 aliphatic heterocycles. The van der Waals surface area contributed by atoms with E-state index in [-0.39, 0.29) is 7.12 Å². The van der Waals surface area contributed by atoms with E-state index in [1.54, 1.807) is 0 Å². The maximum Gasteiger partial charge on any atom is 0.494 e. The zero-order valence-corrected chi connectivity index (χ0v) is 10.8. The Labute approximate surface area is 111 Å². The maximum atomic E-state index is 5.58. The molecule has 4 rings (SSSR count). The molecule has 2 heterocycles. The molecule has 0 atom stereocenters. The van der Waals surface area contributed by atoms with Crippen molar-refractivity contribution in [3.8, 4) is 0 Å². The number of aryl methyl sites for hydroxylation is 1. The maximum absolute atomic E-state index is 5.58. The topological polar surface area (TPSA) is 23.4 Å². The molecular weight excluding hydrogens is 237 g/mol. The first kappa shape index (κ1) is 11.1. The molecule has 0 unspecified atom stereocenters. The van der Waals surface area contributed by atoms with Gasteiger partial charge >= 0.3 is 7.12 Å². The molecule has 19 heavy (non-hydrogen) atoms. The standard InChI is InChI=1S/C15H14BNO2/c1-17-14-5-3-2-4-12(14)13-10-11(6-7-15(13)17)16-18-8-9-19-16/h2-7,10H,8-9H2,1H3. The highest BCUT2D eigenvalue weighted by Gasteiger charge is 2.26. The Morgan fingerprint density at radius 1 is 0.947 bits per heavy atom. The van der Waals surface area contributed by atoms with Crippen LogP contribution >= 0.6 is 0 Å². The molecule has 3 aromatic rings. The summed E-state index contributed by atoms with van der Waals surface area (Å²) in [5, 5.41) is 2.54. The van der Waals surface area contributed by atoms with Gasteiger partial charge in [-0.15, -0.1) is 0 Å². The monoisotopic (exact) mass is 251 g/mol. The second-order valence-electron chi connectivity index (χ2n) is 4.93. The van der Waals surface area contributed by atoms with Gasteiger partial charge in [-0.25, -0.2) is 0 Å². The van der Waals surface area contributed by atoms with Crippen molar-refractivity contribution in [3.05, 3.63) is 42.5 Å². The van der Waals surface area contributed by atoms with Crippen molar-refractivity contribution >= 4 is 34.4 Å². The van der Waals surface area contributed by atoms with Crippen LogP contribution < -0.4 is 5.46 Å². The molecule has 0 bridgehead atoms. The van der Waals surface area contributed by atoms with Crippen molar-refractivity contribution < 1.29 is 9.31 Å². The van der Waals surface area contributed by atoms with Gasteiger partial charge in [0.2, 0.25) is 0 Å². The molecule has 0 saturated carbocycles. The molecular formula is C15H14BNO2. The lowest BCUT2D eigenvalue weighted by Gasteiger charge is -2.04. The summed E-state index contributed by atoms with van der Waals surface area (Å²) in [6.07, 6.45) is 0. The molecule has 2 aromatic carbocycles. The largest absolute Gasteiger partial charge is 0.494 e. The number of rotatable bonds is 1. The van der Waals surface area contributed by atoms with Crippen molar-refractivity contribution in [2.75, 3.05) is 13.2 Å². The van der Waals surface area contributed by atoms with Crippen LogP contribution in [0.5, 0.6) is 0 Å². The fourth-order valence-corrected chi connectivity index (χ4v) is 2.88. The predicted octanol–water partition coefficient (Wildman–Crippen LogP) is 2.07. The summed E-state index contributed by atoms with van der Waals surface area (Å²) in [7, 11) is 1.90. The number of hydrogen-bond donors (Lipinski definition) is 0. The molecule has 0 N–H and O–H groups in total. The highest BCUT2D eigenvalue weighted by molar-refractivity contribution is 6.62. The molecule has 1 aromatic heterocycles. The second-order valence-corrected chi connectivity index (χ2v) is 4.93. The highest BCUT2D eigenvalue weighted by Crippen LogP contribution is 2.27. The van der Waals surface area contributed by atoms with Gasteiger partial charge in [-0.1, -0.05) is 30.3 Å². The number of fused-ring (bicyclic) bond motifs is 3. The number of para-hydroxylation sites is 1. The smallest absolute Gasteiger partial charge is 0.405 e. The fourth-order valence-electron chi connectivity index (χ4n) is 2.88. The first-order valence-electron chi connectivity index (χ1n) is 6.55. The van der Waals surface area contributed by atoms with E-state index in [9.17, 15) is 0 Å². The van der Waals surface area contributed by atoms with Crippen LogP contribution in [-0.4, -0.2) is 24.9 Å². The van der Waals surface area contributed by atoms with Gasteiger partial charge in [0.05, 0.1) is 13.2 Å². The Morgan fingerprint density at radius 2 is 1.68 bits per heavy atom. The van der Waals surface area contributed by atoms with E-state index in [0.29, 0.717) is 13.2 Å². The Morgan fingerprint density at radius 3 is 2.53 bits per heavy atom. The molecule has 0 aliphatic carbocycles. The van der Waals surface area contributed by atoms with E-state index in [1.165, 1.54) is 21.8 Å². The molecule has 1 aliphatic rings. The van der Waals surface area contributed by atoms with Gasteiger partial charge in [0.1, 0.15) is 0 Å². The van der Waals surface area contributed by atoms with Gasteiger partial charge in [-0.05, 0) is 17.6 Å². The van der Waals surface area contributed by atoms with Crippen molar-refractivity contribution in [1.29, 1.82) is 0 Å². The average Bonchev–Trinajstić information content (AvgIpc) is 3.08. The van der Waals surface area contributed by atoms with Crippen LogP contribution in [-0.2, 0) is 16.4 Å². The summed E-state index contributed by atoms with van der Waals surface area (Å²) in [5.41, 5.74) is 3.59. The third kappa shape index (κ3) is 1.61. The lowest BCUT2D eigenvalue weighted by molar-refractivity contribution is 0.365. The van der Waals surface area contributed by atoms with Gasteiger partial charge < -0.3 is 13.9 Å². The first-order chi connectivity index (χ1) is 9.34. The average molecular weight is 251 g/mol. The van der Waals surface area contributed by atoms with Crippen molar-refractivity contribution in [2.24, 2.45) is 7.05 Å². The van der Waals surface area contributed by atoms with E-state index >= 15 is 0 Å². The molecule has 3 nitrogen and oxygen atoms in total. The Hall–Kier alpha value is -1.78. The normalized spacial score (nSPS) is 15.7. The predicted molar refractivity (Wildman–Crippen MR) is 77.7 cm³/mol. The lowest BCUT2D eigenvalue weighted by Crippen LogP contribution is -2.31. The molecule has 1 saturated heterocycles. The molecule has 0 spiro atoms. The van der Waals surface area contributed by atoms with Crippen molar-refractivity contribution in [3.63, 3.8) is 0 Å². The van der Waals surface area contributed by atoms with Crippen molar-refractivity contribution in [2.45, 2.75) is 0 Å². The van der Waals surface area contributed by atoms with E-state index in [0.717, 1.165) is 5.46 Å². The van der Waals surface area contributed by atoms with Gasteiger partial charge in [0, 0.05) is 28.9 Å². The van der Waals surface area contributed by atoms with Crippen LogP contribution in [0.2, 0.25) is 0 Å². The van der Waals surface area contributed by atoms with E-state index in [4.69, 9.17) is 9.31 Å². The minimum absolute atomic E-state index is 0.205. The second kappa shape index (κ2) is 4.12. The summed E-state index contributed by atoms with van der Waals surface area (Å²) in [6, 6.07) is 14.9. The fraction of sp³-hybridized carbons (Fsp3) is 0.200. The SMILES string of the molecule is Cn1c2ccccc2c2cc(B3OCCO3)ccc21. The van der Waals surface area contributed by atoms with E-state index in [1.807, 2.05) is 0 Å². The molecule has 4 heteroatoms. The van der Waals surface area contributed by atoms with Gasteiger partial charge in [-0.2, -0.15) is 0 Å². The van der Waals surface area contributed by atoms with Crippen molar-refractivity contribution in [1.82, 2.24) is 4.57 Å². The minimum atomic E-state index is -0.205. The molecule has 94 valence electrons. The molecule has 0 amide bonds. The van der Waals surface area contributed by atoms with Gasteiger partial charge in [0.25, 0.3) is 0 Å². The van der Waals surface area contributed by atoms with Crippen LogP contribution in [0.1, 0.15) is 0 Å². The Bertz CT molecular complexity index is 759. The number of aromatic nitrogens is 1. The third-order valence-electron chi connectivity index (χ3n) is 3.83. The van der Waals surface area contributed by atoms with Gasteiger partial charge in [-0.3, -0.25) is 0 Å². The molecule has 0 radical (unpaired) electrons. The molecule has 1 fully saturated rings. The van der Waals surface area contributed by atoms with Crippen LogP contribution in [0.4, 0.5) is 0 Å². The lowest BCUT2D eigenvalue weighted by atomic mass is 9.79. The summed E-state index contributed by atoms with van der Waals surface area (Å²) in [4.78, 5) is 0. The van der Waals surface area contributed by atoms with Crippen LogP contribution in [0.15, 0.2) is 42.5 Å². The zero-order chi connectivity index (χ0) is 12.8. The Kier molecular flexibility index (Phi) is 2.40. The minimum Gasteiger partial charge on any atom is -0.405 e. The van der Waals surface area contributed by atoms with Crippen LogP contribution in [0, 0.1) is 0 Å². The Balaban J connectivity index is 1.99. The summed E-state index contributed by atoms with van der Waals surface area (Å²) >= 11 is 0. The van der Waals surface area contributed by atoms with Gasteiger partial charge in [0.15, 0.2) is 0 Å². The zero-order valence-electron chi connectivity index (χ0n) is 10.8. The summed E-state index contributed by atoms with van der Waals surface area (Å²) in [6.45, 7) is 1.36. The highest BCUT2D eigenvalue weighted by atomic mass is 16.6. The quantitative estimate of drug-likeness (QED) is 0.618. The summed E-state index contributed by atoms with van der Waals surface area (Å²) in [5.74, 6) is 0. The van der Waals surface area contributed by atoms with E-state index in [2.05, 4.69) is 54.1 Å². The first-order valence-corrected chi connectivity index (χ1v) is 6.55. The van der Waals surface area contributed by atoms with E-state index < -0.39 is 0 Å². The van der Waals surface area contributed by atoms with Crippen LogP contribution in [0.3, 0.4) is 0 Å².